The molecule has 2 atom stereocenters. The molecule has 0 saturated heterocycles. The van der Waals surface area contributed by atoms with E-state index in [0.717, 1.165) is 23.8 Å². The van der Waals surface area contributed by atoms with Crippen LogP contribution in [-0.2, 0) is 13.0 Å². The molecule has 2 aromatic rings. The molecule has 0 fully saturated rings. The van der Waals surface area contributed by atoms with E-state index in [1.54, 1.807) is 16.2 Å². The molecule has 5 heteroatoms. The highest BCUT2D eigenvalue weighted by molar-refractivity contribution is 7.10. The molecule has 0 amide bonds. The van der Waals surface area contributed by atoms with E-state index in [1.165, 1.54) is 12.0 Å². The van der Waals surface area contributed by atoms with Crippen LogP contribution in [0.25, 0.3) is 0 Å². The first-order chi connectivity index (χ1) is 9.15. The van der Waals surface area contributed by atoms with E-state index in [2.05, 4.69) is 33.6 Å². The zero-order valence-corrected chi connectivity index (χ0v) is 12.9. The molecule has 2 aromatic heterocycles. The van der Waals surface area contributed by atoms with Crippen LogP contribution >= 0.6 is 22.7 Å². The number of nitrogens with two attached hydrogens (primary N) is 1. The highest BCUT2D eigenvalue weighted by atomic mass is 32.1. The van der Waals surface area contributed by atoms with E-state index in [4.69, 9.17) is 5.73 Å². The first-order valence-corrected chi connectivity index (χ1v) is 8.41. The number of thiophene rings is 1. The van der Waals surface area contributed by atoms with E-state index < -0.39 is 0 Å². The van der Waals surface area contributed by atoms with Gasteiger partial charge in [-0.05, 0) is 37.3 Å². The Morgan fingerprint density at radius 3 is 3.11 bits per heavy atom. The summed E-state index contributed by atoms with van der Waals surface area (Å²) in [5.41, 5.74) is 8.53. The van der Waals surface area contributed by atoms with Gasteiger partial charge in [-0.15, -0.1) is 22.7 Å². The highest BCUT2D eigenvalue weighted by Gasteiger charge is 2.25. The zero-order chi connectivity index (χ0) is 13.4. The van der Waals surface area contributed by atoms with Crippen LogP contribution in [0.5, 0.6) is 0 Å². The maximum atomic E-state index is 5.87. The topological polar surface area (TPSA) is 42.1 Å². The Hall–Kier alpha value is -0.750. The Bertz CT molecular complexity index is 559. The van der Waals surface area contributed by atoms with Gasteiger partial charge in [0.05, 0.1) is 11.7 Å². The Kier molecular flexibility index (Phi) is 3.71. The van der Waals surface area contributed by atoms with Crippen molar-refractivity contribution < 1.29 is 0 Å². The minimum absolute atomic E-state index is 0.0426. The molecule has 1 aliphatic rings. The summed E-state index contributed by atoms with van der Waals surface area (Å²) in [5.74, 6) is 0. The molecule has 1 aliphatic heterocycles. The molecule has 19 heavy (non-hydrogen) atoms. The summed E-state index contributed by atoms with van der Waals surface area (Å²) in [6.45, 7) is 6.34. The second-order valence-electron chi connectivity index (χ2n) is 5.16. The summed E-state index contributed by atoms with van der Waals surface area (Å²) < 4.78 is 0. The van der Waals surface area contributed by atoms with Crippen LogP contribution in [0.1, 0.15) is 47.1 Å². The number of rotatable bonds is 3. The standard InChI is InChI=1S/C14H19N3S2/c1-9(15)14-16-11(8-19-14)7-17-5-3-13-12(10(17)2)4-6-18-13/h4,6,8-10H,3,5,7,15H2,1-2H3. The minimum Gasteiger partial charge on any atom is -0.322 e. The van der Waals surface area contributed by atoms with Gasteiger partial charge in [-0.3, -0.25) is 4.90 Å². The summed E-state index contributed by atoms with van der Waals surface area (Å²) in [6, 6.07) is 2.81. The summed E-state index contributed by atoms with van der Waals surface area (Å²) in [4.78, 5) is 8.70. The normalized spacial score (nSPS) is 21.3. The van der Waals surface area contributed by atoms with Crippen LogP contribution in [0.4, 0.5) is 0 Å². The number of fused-ring (bicyclic) bond motifs is 1. The second-order valence-corrected chi connectivity index (χ2v) is 7.05. The molecular weight excluding hydrogens is 274 g/mol. The Morgan fingerprint density at radius 2 is 2.37 bits per heavy atom. The van der Waals surface area contributed by atoms with Gasteiger partial charge >= 0.3 is 0 Å². The molecule has 3 heterocycles. The van der Waals surface area contributed by atoms with Crippen molar-refractivity contribution in [2.45, 2.75) is 38.9 Å². The minimum atomic E-state index is 0.0426. The molecule has 3 nitrogen and oxygen atoms in total. The number of hydrogen-bond donors (Lipinski definition) is 1. The first-order valence-electron chi connectivity index (χ1n) is 6.65. The lowest BCUT2D eigenvalue weighted by Gasteiger charge is -2.33. The fourth-order valence-electron chi connectivity index (χ4n) is 2.59. The predicted octanol–water partition coefficient (Wildman–Crippen LogP) is 3.34. The van der Waals surface area contributed by atoms with E-state index in [1.807, 2.05) is 18.3 Å². The van der Waals surface area contributed by atoms with E-state index >= 15 is 0 Å². The third-order valence-electron chi connectivity index (χ3n) is 3.73. The Morgan fingerprint density at radius 1 is 1.53 bits per heavy atom. The van der Waals surface area contributed by atoms with Gasteiger partial charge in [0, 0.05) is 29.4 Å². The zero-order valence-electron chi connectivity index (χ0n) is 11.3. The molecule has 102 valence electrons. The highest BCUT2D eigenvalue weighted by Crippen LogP contribution is 2.33. The fourth-order valence-corrected chi connectivity index (χ4v) is 4.32. The van der Waals surface area contributed by atoms with Crippen LogP contribution in [-0.4, -0.2) is 16.4 Å². The van der Waals surface area contributed by atoms with E-state index in [9.17, 15) is 0 Å². The molecule has 0 aromatic carbocycles. The molecule has 0 aliphatic carbocycles. The molecule has 0 spiro atoms. The largest absolute Gasteiger partial charge is 0.322 e. The maximum absolute atomic E-state index is 5.87. The van der Waals surface area contributed by atoms with Gasteiger partial charge in [-0.2, -0.15) is 0 Å². The molecule has 2 N–H and O–H groups in total. The van der Waals surface area contributed by atoms with Gasteiger partial charge in [-0.1, -0.05) is 0 Å². The number of aromatic nitrogens is 1. The van der Waals surface area contributed by atoms with Crippen LogP contribution in [0.15, 0.2) is 16.8 Å². The van der Waals surface area contributed by atoms with Crippen molar-refractivity contribution >= 4 is 22.7 Å². The quantitative estimate of drug-likeness (QED) is 0.943. The third kappa shape index (κ3) is 2.60. The van der Waals surface area contributed by atoms with Gasteiger partial charge in [0.2, 0.25) is 0 Å². The maximum Gasteiger partial charge on any atom is 0.109 e. The van der Waals surface area contributed by atoms with Crippen molar-refractivity contribution in [2.75, 3.05) is 6.54 Å². The van der Waals surface area contributed by atoms with Gasteiger partial charge < -0.3 is 5.73 Å². The molecule has 0 radical (unpaired) electrons. The first kappa shape index (κ1) is 13.2. The summed E-state index contributed by atoms with van der Waals surface area (Å²) >= 11 is 3.56. The average Bonchev–Trinajstić information content (AvgIpc) is 3.01. The van der Waals surface area contributed by atoms with Crippen LogP contribution in [0.3, 0.4) is 0 Å². The van der Waals surface area contributed by atoms with Gasteiger partial charge in [0.15, 0.2) is 0 Å². The molecule has 3 rings (SSSR count). The van der Waals surface area contributed by atoms with E-state index in [-0.39, 0.29) is 6.04 Å². The van der Waals surface area contributed by atoms with Crippen LogP contribution in [0, 0.1) is 0 Å². The van der Waals surface area contributed by atoms with Crippen molar-refractivity contribution in [3.63, 3.8) is 0 Å². The average molecular weight is 293 g/mol. The monoisotopic (exact) mass is 293 g/mol. The number of hydrogen-bond acceptors (Lipinski definition) is 5. The SMILES string of the molecule is CC(N)c1nc(CN2CCc3sccc3C2C)cs1. The number of nitrogens with zero attached hydrogens (tertiary/aromatic N) is 2. The smallest absolute Gasteiger partial charge is 0.109 e. The molecule has 2 unspecified atom stereocenters. The summed E-state index contributed by atoms with van der Waals surface area (Å²) in [5, 5.41) is 5.40. The Labute approximate surface area is 122 Å². The lowest BCUT2D eigenvalue weighted by atomic mass is 10.0. The summed E-state index contributed by atoms with van der Waals surface area (Å²) in [6.07, 6.45) is 1.17. The Balaban J connectivity index is 1.73. The van der Waals surface area contributed by atoms with Gasteiger partial charge in [-0.25, -0.2) is 4.98 Å². The van der Waals surface area contributed by atoms with Crippen molar-refractivity contribution in [1.82, 2.24) is 9.88 Å². The lowest BCUT2D eigenvalue weighted by Crippen LogP contribution is -2.32. The van der Waals surface area contributed by atoms with E-state index in [0.29, 0.717) is 6.04 Å². The van der Waals surface area contributed by atoms with Crippen LogP contribution < -0.4 is 5.73 Å². The van der Waals surface area contributed by atoms with Crippen LogP contribution in [0.2, 0.25) is 0 Å². The molecule has 0 bridgehead atoms. The fraction of sp³-hybridized carbons (Fsp3) is 0.500. The van der Waals surface area contributed by atoms with Gasteiger partial charge in [0.25, 0.3) is 0 Å². The van der Waals surface area contributed by atoms with Gasteiger partial charge in [0.1, 0.15) is 5.01 Å². The lowest BCUT2D eigenvalue weighted by molar-refractivity contribution is 0.189. The number of thiazole rings is 1. The molecule has 0 saturated carbocycles. The van der Waals surface area contributed by atoms with Crippen molar-refractivity contribution in [1.29, 1.82) is 0 Å². The summed E-state index contributed by atoms with van der Waals surface area (Å²) in [7, 11) is 0. The second kappa shape index (κ2) is 5.32. The van der Waals surface area contributed by atoms with Crippen molar-refractivity contribution in [3.8, 4) is 0 Å². The third-order valence-corrected chi connectivity index (χ3v) is 5.82. The van der Waals surface area contributed by atoms with Crippen molar-refractivity contribution in [3.05, 3.63) is 38.0 Å². The van der Waals surface area contributed by atoms with Crippen molar-refractivity contribution in [2.24, 2.45) is 5.73 Å². The molecular formula is C14H19N3S2. The predicted molar refractivity (Wildman–Crippen MR) is 81.6 cm³/mol.